The highest BCUT2D eigenvalue weighted by molar-refractivity contribution is 5.78. The molecule has 0 amide bonds. The molecule has 4 atom stereocenters. The van der Waals surface area contributed by atoms with Crippen LogP contribution in [0.2, 0.25) is 0 Å². The van der Waals surface area contributed by atoms with Crippen LogP contribution in [0.25, 0.3) is 0 Å². The van der Waals surface area contributed by atoms with E-state index in [2.05, 4.69) is 10.5 Å². The number of hydrogen-bond donors (Lipinski definition) is 4. The van der Waals surface area contributed by atoms with E-state index in [9.17, 15) is 24.9 Å². The minimum absolute atomic E-state index is 0.00329. The van der Waals surface area contributed by atoms with E-state index in [0.29, 0.717) is 6.61 Å². The number of aliphatic hydroxyl groups excluding tert-OH is 3. The first-order chi connectivity index (χ1) is 15.3. The van der Waals surface area contributed by atoms with Crippen LogP contribution in [0.3, 0.4) is 0 Å². The fourth-order valence-corrected chi connectivity index (χ4v) is 3.25. The third-order valence-electron chi connectivity index (χ3n) is 4.87. The number of aromatic nitrogens is 2. The first-order valence-corrected chi connectivity index (χ1v) is 10.1. The van der Waals surface area contributed by atoms with Gasteiger partial charge in [0.1, 0.15) is 23.7 Å². The average Bonchev–Trinajstić information content (AvgIpc) is 3.06. The Morgan fingerprint density at radius 1 is 1.25 bits per heavy atom. The molecule has 0 aliphatic carbocycles. The third-order valence-corrected chi connectivity index (χ3v) is 4.87. The molecule has 13 nitrogen and oxygen atoms in total. The zero-order chi connectivity index (χ0) is 23.7. The van der Waals surface area contributed by atoms with E-state index < -0.39 is 48.2 Å². The molecule has 0 radical (unpaired) electrons. The summed E-state index contributed by atoms with van der Waals surface area (Å²) in [5.74, 6) is -0.809. The van der Waals surface area contributed by atoms with Crippen molar-refractivity contribution in [1.82, 2.24) is 9.55 Å². The summed E-state index contributed by atoms with van der Waals surface area (Å²) in [6.07, 6.45) is -3.06. The summed E-state index contributed by atoms with van der Waals surface area (Å²) in [5.41, 5.74) is 0.243. The van der Waals surface area contributed by atoms with Gasteiger partial charge in [0.25, 0.3) is 0 Å². The molecule has 0 aromatic carbocycles. The molecule has 0 unspecified atom stereocenters. The average molecular weight is 461 g/mol. The second-order valence-corrected chi connectivity index (χ2v) is 7.42. The van der Waals surface area contributed by atoms with E-state index in [0.717, 1.165) is 11.0 Å². The second kappa shape index (κ2) is 12.2. The first-order valence-electron chi connectivity index (χ1n) is 10.1. The summed E-state index contributed by atoms with van der Waals surface area (Å²) in [6.45, 7) is 1.80. The maximum absolute atomic E-state index is 12.8. The third kappa shape index (κ3) is 6.01. The summed E-state index contributed by atoms with van der Waals surface area (Å²) in [7, 11) is 2.87. The number of nitrogens with zero attached hydrogens (tertiary/aromatic N) is 2. The molecule has 1 aromatic heterocycles. The summed E-state index contributed by atoms with van der Waals surface area (Å²) in [6, 6.07) is 1.31. The lowest BCUT2D eigenvalue weighted by Gasteiger charge is -2.29. The number of rotatable bonds is 13. The molecule has 32 heavy (non-hydrogen) atoms. The standard InChI is InChI=1S/C19H31N3O10/c1-4-7-30-11-19(9-28-2,10-29-3)17(26)32-21-13-5-6-22(18(27)20-13)16-15(25)14(24)12(8-23)31-16/h5-6,12,14-16,23-25H,4,7-11H2,1-3H3,(H,20,21,27)/t12-,14-,15-,16-/m1/s1. The molecule has 0 saturated carbocycles. The minimum Gasteiger partial charge on any atom is -0.394 e. The molecular weight excluding hydrogens is 430 g/mol. The van der Waals surface area contributed by atoms with Gasteiger partial charge in [0.2, 0.25) is 0 Å². The van der Waals surface area contributed by atoms with Crippen molar-refractivity contribution in [3.8, 4) is 0 Å². The van der Waals surface area contributed by atoms with Crippen LogP contribution in [-0.2, 0) is 28.6 Å². The molecule has 1 aliphatic rings. The lowest BCUT2D eigenvalue weighted by molar-refractivity contribution is -0.166. The van der Waals surface area contributed by atoms with Crippen molar-refractivity contribution < 1.29 is 43.9 Å². The van der Waals surface area contributed by atoms with E-state index in [1.165, 1.54) is 26.5 Å². The van der Waals surface area contributed by atoms with E-state index in [-0.39, 0.29) is 25.6 Å². The molecule has 1 saturated heterocycles. The Balaban J connectivity index is 2.09. The molecule has 2 heterocycles. The smallest absolute Gasteiger partial charge is 0.351 e. The normalized spacial score (nSPS) is 23.3. The molecule has 1 aromatic rings. The summed E-state index contributed by atoms with van der Waals surface area (Å²) in [4.78, 5) is 34.0. The van der Waals surface area contributed by atoms with Crippen LogP contribution < -0.4 is 11.2 Å². The first kappa shape index (κ1) is 26.1. The van der Waals surface area contributed by atoms with Gasteiger partial charge < -0.3 is 39.1 Å². The van der Waals surface area contributed by atoms with Gasteiger partial charge in [-0.05, 0) is 6.42 Å². The second-order valence-electron chi connectivity index (χ2n) is 7.42. The molecule has 4 N–H and O–H groups in total. The van der Waals surface area contributed by atoms with Crippen LogP contribution in [0.5, 0.6) is 0 Å². The van der Waals surface area contributed by atoms with Crippen molar-refractivity contribution in [2.75, 3.05) is 52.7 Å². The molecular formula is C19H31N3O10. The minimum atomic E-state index is -1.44. The van der Waals surface area contributed by atoms with Crippen molar-refractivity contribution in [3.63, 3.8) is 0 Å². The van der Waals surface area contributed by atoms with Crippen molar-refractivity contribution >= 4 is 11.8 Å². The number of methoxy groups -OCH3 is 2. The molecule has 1 fully saturated rings. The highest BCUT2D eigenvalue weighted by Crippen LogP contribution is 2.28. The summed E-state index contributed by atoms with van der Waals surface area (Å²) in [5, 5.41) is 29.1. The lowest BCUT2D eigenvalue weighted by atomic mass is 9.91. The SMILES string of the molecule is CCCOCC(COC)(COC)C(=O)ONc1ccn([C@@H]2O[C@H](CO)[C@@H](O)[C@H]2O)c(=O)n1. The van der Waals surface area contributed by atoms with Crippen LogP contribution in [-0.4, -0.2) is 96.4 Å². The molecule has 1 aliphatic heterocycles. The highest BCUT2D eigenvalue weighted by Gasteiger charge is 2.44. The Labute approximate surface area is 184 Å². The van der Waals surface area contributed by atoms with Gasteiger partial charge >= 0.3 is 11.7 Å². The topological polar surface area (TPSA) is 171 Å². The van der Waals surface area contributed by atoms with Gasteiger partial charge in [0, 0.05) is 33.1 Å². The van der Waals surface area contributed by atoms with E-state index in [1.54, 1.807) is 0 Å². The van der Waals surface area contributed by atoms with Crippen LogP contribution in [0.4, 0.5) is 5.82 Å². The van der Waals surface area contributed by atoms with Gasteiger partial charge in [0.05, 0.1) is 26.4 Å². The molecule has 182 valence electrons. The van der Waals surface area contributed by atoms with Crippen LogP contribution >= 0.6 is 0 Å². The lowest BCUT2D eigenvalue weighted by Crippen LogP contribution is -2.46. The number of ether oxygens (including phenoxy) is 4. The van der Waals surface area contributed by atoms with Gasteiger partial charge in [-0.25, -0.2) is 15.1 Å². The number of anilines is 1. The Bertz CT molecular complexity index is 783. The maximum atomic E-state index is 12.8. The molecule has 13 heteroatoms. The maximum Gasteiger partial charge on any atom is 0.351 e. The Morgan fingerprint density at radius 2 is 1.94 bits per heavy atom. The monoisotopic (exact) mass is 461 g/mol. The van der Waals surface area contributed by atoms with Crippen LogP contribution in [0.1, 0.15) is 19.6 Å². The number of nitrogens with one attached hydrogen (secondary N) is 1. The molecule has 0 bridgehead atoms. The van der Waals surface area contributed by atoms with Crippen LogP contribution in [0, 0.1) is 5.41 Å². The summed E-state index contributed by atoms with van der Waals surface area (Å²) >= 11 is 0. The predicted molar refractivity (Wildman–Crippen MR) is 109 cm³/mol. The number of carbonyl (C=O) groups excluding carboxylic acids is 1. The van der Waals surface area contributed by atoms with Gasteiger partial charge in [-0.3, -0.25) is 4.57 Å². The summed E-state index contributed by atoms with van der Waals surface area (Å²) < 4.78 is 22.1. The Hall–Kier alpha value is -2.13. The fraction of sp³-hybridized carbons (Fsp3) is 0.737. The van der Waals surface area contributed by atoms with Crippen molar-refractivity contribution in [2.45, 2.75) is 37.9 Å². The largest absolute Gasteiger partial charge is 0.394 e. The Morgan fingerprint density at radius 3 is 2.47 bits per heavy atom. The number of hydrogen-bond acceptors (Lipinski definition) is 12. The quantitative estimate of drug-likeness (QED) is 0.197. The van der Waals surface area contributed by atoms with Gasteiger partial charge in [0.15, 0.2) is 12.0 Å². The van der Waals surface area contributed by atoms with Crippen LogP contribution in [0.15, 0.2) is 17.1 Å². The van der Waals surface area contributed by atoms with Gasteiger partial charge in [-0.2, -0.15) is 4.98 Å². The highest BCUT2D eigenvalue weighted by atomic mass is 16.7. The number of aliphatic hydroxyl groups is 3. The Kier molecular flexibility index (Phi) is 9.96. The molecule has 2 rings (SSSR count). The predicted octanol–water partition coefficient (Wildman–Crippen LogP) is -1.57. The van der Waals surface area contributed by atoms with E-state index in [1.807, 2.05) is 6.92 Å². The zero-order valence-corrected chi connectivity index (χ0v) is 18.3. The van der Waals surface area contributed by atoms with E-state index >= 15 is 0 Å². The van der Waals surface area contributed by atoms with Gasteiger partial charge in [-0.15, -0.1) is 0 Å². The molecule has 0 spiro atoms. The number of carbonyl (C=O) groups is 1. The zero-order valence-electron chi connectivity index (χ0n) is 18.3. The van der Waals surface area contributed by atoms with Gasteiger partial charge in [-0.1, -0.05) is 6.92 Å². The fourth-order valence-electron chi connectivity index (χ4n) is 3.25. The van der Waals surface area contributed by atoms with Crippen molar-refractivity contribution in [2.24, 2.45) is 5.41 Å². The van der Waals surface area contributed by atoms with Crippen molar-refractivity contribution in [3.05, 3.63) is 22.7 Å². The van der Waals surface area contributed by atoms with E-state index in [4.69, 9.17) is 23.8 Å². The van der Waals surface area contributed by atoms with Crippen molar-refractivity contribution in [1.29, 1.82) is 0 Å².